The number of hydrogen-bond acceptors (Lipinski definition) is 3. The Balaban J connectivity index is 1.84. The van der Waals surface area contributed by atoms with Crippen LogP contribution in [0.5, 0.6) is 5.88 Å². The summed E-state index contributed by atoms with van der Waals surface area (Å²) in [6.45, 7) is 8.08. The number of nitrogens with zero attached hydrogens (tertiary/aromatic N) is 1. The van der Waals surface area contributed by atoms with Crippen molar-refractivity contribution < 1.29 is 4.74 Å². The van der Waals surface area contributed by atoms with Crippen LogP contribution in [0.3, 0.4) is 0 Å². The molecule has 0 atom stereocenters. The summed E-state index contributed by atoms with van der Waals surface area (Å²) in [6.07, 6.45) is 5.34. The SMILES string of the molecule is CC(C)(C)NCc1cccc(OCC2CCCC2)n1. The van der Waals surface area contributed by atoms with Crippen molar-refractivity contribution in [2.75, 3.05) is 6.61 Å². The molecule has 1 N–H and O–H groups in total. The van der Waals surface area contributed by atoms with Crippen molar-refractivity contribution in [2.24, 2.45) is 5.92 Å². The molecular formula is C16H26N2O. The zero-order chi connectivity index (χ0) is 13.7. The van der Waals surface area contributed by atoms with E-state index in [0.29, 0.717) is 0 Å². The first-order valence-electron chi connectivity index (χ1n) is 7.37. The molecule has 0 saturated heterocycles. The molecule has 1 fully saturated rings. The minimum Gasteiger partial charge on any atom is -0.477 e. The van der Waals surface area contributed by atoms with E-state index >= 15 is 0 Å². The summed E-state index contributed by atoms with van der Waals surface area (Å²) in [5, 5.41) is 3.44. The maximum Gasteiger partial charge on any atom is 0.213 e. The first-order valence-corrected chi connectivity index (χ1v) is 7.37. The zero-order valence-corrected chi connectivity index (χ0v) is 12.4. The molecule has 0 aromatic carbocycles. The molecule has 1 saturated carbocycles. The second-order valence-corrected chi connectivity index (χ2v) is 6.53. The summed E-state index contributed by atoms with van der Waals surface area (Å²) < 4.78 is 5.82. The Hall–Kier alpha value is -1.09. The van der Waals surface area contributed by atoms with Gasteiger partial charge in [-0.1, -0.05) is 18.9 Å². The van der Waals surface area contributed by atoms with Crippen molar-refractivity contribution in [2.45, 2.75) is 58.5 Å². The van der Waals surface area contributed by atoms with E-state index in [9.17, 15) is 0 Å². The predicted molar refractivity (Wildman–Crippen MR) is 78.3 cm³/mol. The monoisotopic (exact) mass is 262 g/mol. The quantitative estimate of drug-likeness (QED) is 0.881. The highest BCUT2D eigenvalue weighted by Crippen LogP contribution is 2.25. The average molecular weight is 262 g/mol. The second kappa shape index (κ2) is 6.38. The van der Waals surface area contributed by atoms with E-state index in [-0.39, 0.29) is 5.54 Å². The smallest absolute Gasteiger partial charge is 0.213 e. The first-order chi connectivity index (χ1) is 9.03. The fourth-order valence-corrected chi connectivity index (χ4v) is 2.37. The number of ether oxygens (including phenoxy) is 1. The van der Waals surface area contributed by atoms with Crippen LogP contribution in [0.2, 0.25) is 0 Å². The zero-order valence-electron chi connectivity index (χ0n) is 12.4. The van der Waals surface area contributed by atoms with E-state index in [4.69, 9.17) is 4.74 Å². The normalized spacial score (nSPS) is 16.8. The van der Waals surface area contributed by atoms with E-state index in [1.54, 1.807) is 0 Å². The third-order valence-electron chi connectivity index (χ3n) is 3.52. The van der Waals surface area contributed by atoms with E-state index in [1.165, 1.54) is 25.7 Å². The van der Waals surface area contributed by atoms with Gasteiger partial charge in [-0.25, -0.2) is 4.98 Å². The fraction of sp³-hybridized carbons (Fsp3) is 0.688. The lowest BCUT2D eigenvalue weighted by atomic mass is 10.1. The number of aromatic nitrogens is 1. The lowest BCUT2D eigenvalue weighted by molar-refractivity contribution is 0.242. The molecule has 0 unspecified atom stereocenters. The lowest BCUT2D eigenvalue weighted by Gasteiger charge is -2.20. The van der Waals surface area contributed by atoms with Crippen LogP contribution in [0.4, 0.5) is 0 Å². The standard InChI is InChI=1S/C16H26N2O/c1-16(2,3)17-11-14-9-6-10-15(18-14)19-12-13-7-4-5-8-13/h6,9-10,13,17H,4-5,7-8,11-12H2,1-3H3. The molecule has 106 valence electrons. The molecule has 1 aromatic heterocycles. The molecule has 0 amide bonds. The van der Waals surface area contributed by atoms with Crippen LogP contribution in [-0.2, 0) is 6.54 Å². The molecule has 3 heteroatoms. The Labute approximate surface area is 116 Å². The Bertz CT molecular complexity index is 392. The number of nitrogens with one attached hydrogen (secondary N) is 1. The van der Waals surface area contributed by atoms with Crippen molar-refractivity contribution in [3.8, 4) is 5.88 Å². The fourth-order valence-electron chi connectivity index (χ4n) is 2.37. The largest absolute Gasteiger partial charge is 0.477 e. The summed E-state index contributed by atoms with van der Waals surface area (Å²) in [6, 6.07) is 6.02. The molecule has 0 bridgehead atoms. The van der Waals surface area contributed by atoms with Crippen LogP contribution in [0.1, 0.15) is 52.1 Å². The second-order valence-electron chi connectivity index (χ2n) is 6.53. The number of pyridine rings is 1. The van der Waals surface area contributed by atoms with Gasteiger partial charge in [-0.15, -0.1) is 0 Å². The highest BCUT2D eigenvalue weighted by molar-refractivity contribution is 5.16. The third-order valence-corrected chi connectivity index (χ3v) is 3.52. The maximum absolute atomic E-state index is 5.82. The van der Waals surface area contributed by atoms with Crippen molar-refractivity contribution in [3.63, 3.8) is 0 Å². The van der Waals surface area contributed by atoms with Crippen molar-refractivity contribution in [1.82, 2.24) is 10.3 Å². The molecule has 19 heavy (non-hydrogen) atoms. The summed E-state index contributed by atoms with van der Waals surface area (Å²) in [5.74, 6) is 1.50. The van der Waals surface area contributed by atoms with Gasteiger partial charge in [0.2, 0.25) is 5.88 Å². The van der Waals surface area contributed by atoms with Gasteiger partial charge in [0.25, 0.3) is 0 Å². The van der Waals surface area contributed by atoms with Gasteiger partial charge < -0.3 is 10.1 Å². The molecule has 1 aliphatic carbocycles. The molecule has 1 heterocycles. The Morgan fingerprint density at radius 2 is 2.00 bits per heavy atom. The summed E-state index contributed by atoms with van der Waals surface area (Å²) in [7, 11) is 0. The minimum absolute atomic E-state index is 0.113. The van der Waals surface area contributed by atoms with Gasteiger partial charge in [-0.2, -0.15) is 0 Å². The molecular weight excluding hydrogens is 236 g/mol. The van der Waals surface area contributed by atoms with Crippen LogP contribution in [0.15, 0.2) is 18.2 Å². The van der Waals surface area contributed by atoms with Crippen LogP contribution >= 0.6 is 0 Å². The highest BCUT2D eigenvalue weighted by Gasteiger charge is 2.16. The molecule has 1 aliphatic rings. The predicted octanol–water partition coefficient (Wildman–Crippen LogP) is 3.54. The van der Waals surface area contributed by atoms with Crippen molar-refractivity contribution >= 4 is 0 Å². The van der Waals surface area contributed by atoms with E-state index < -0.39 is 0 Å². The lowest BCUT2D eigenvalue weighted by Crippen LogP contribution is -2.35. The molecule has 0 spiro atoms. The van der Waals surface area contributed by atoms with Gasteiger partial charge in [-0.3, -0.25) is 0 Å². The van der Waals surface area contributed by atoms with Gasteiger partial charge in [0.05, 0.1) is 12.3 Å². The molecule has 3 nitrogen and oxygen atoms in total. The van der Waals surface area contributed by atoms with E-state index in [1.807, 2.05) is 18.2 Å². The van der Waals surface area contributed by atoms with Gasteiger partial charge in [0.1, 0.15) is 0 Å². The topological polar surface area (TPSA) is 34.1 Å². The van der Waals surface area contributed by atoms with Crippen molar-refractivity contribution in [1.29, 1.82) is 0 Å². The molecule has 2 rings (SSSR count). The minimum atomic E-state index is 0.113. The van der Waals surface area contributed by atoms with Crippen LogP contribution < -0.4 is 10.1 Å². The maximum atomic E-state index is 5.82. The molecule has 0 aliphatic heterocycles. The van der Waals surface area contributed by atoms with Gasteiger partial charge in [-0.05, 0) is 45.6 Å². The first kappa shape index (κ1) is 14.3. The number of rotatable bonds is 5. The summed E-state index contributed by atoms with van der Waals surface area (Å²) in [4.78, 5) is 4.55. The van der Waals surface area contributed by atoms with E-state index in [0.717, 1.165) is 30.6 Å². The van der Waals surface area contributed by atoms with Gasteiger partial charge in [0, 0.05) is 18.2 Å². The number of hydrogen-bond donors (Lipinski definition) is 1. The van der Waals surface area contributed by atoms with Crippen LogP contribution in [0, 0.1) is 5.92 Å². The van der Waals surface area contributed by atoms with Crippen molar-refractivity contribution in [3.05, 3.63) is 23.9 Å². The highest BCUT2D eigenvalue weighted by atomic mass is 16.5. The van der Waals surface area contributed by atoms with E-state index in [2.05, 4.69) is 31.1 Å². The summed E-state index contributed by atoms with van der Waals surface area (Å²) >= 11 is 0. The molecule has 0 radical (unpaired) electrons. The van der Waals surface area contributed by atoms with Crippen LogP contribution in [0.25, 0.3) is 0 Å². The van der Waals surface area contributed by atoms with Crippen LogP contribution in [-0.4, -0.2) is 17.1 Å². The summed E-state index contributed by atoms with van der Waals surface area (Å²) in [5.41, 5.74) is 1.15. The Kier molecular flexibility index (Phi) is 4.81. The average Bonchev–Trinajstić information content (AvgIpc) is 2.87. The van der Waals surface area contributed by atoms with Gasteiger partial charge >= 0.3 is 0 Å². The Morgan fingerprint density at radius 1 is 1.26 bits per heavy atom. The third kappa shape index (κ3) is 5.19. The Morgan fingerprint density at radius 3 is 2.68 bits per heavy atom. The van der Waals surface area contributed by atoms with Gasteiger partial charge in [0.15, 0.2) is 0 Å². The molecule has 1 aromatic rings.